The Hall–Kier alpha value is -2.21. The van der Waals surface area contributed by atoms with Crippen molar-refractivity contribution in [3.05, 3.63) is 70.6 Å². The van der Waals surface area contributed by atoms with Gasteiger partial charge in [-0.3, -0.25) is 10.1 Å². The van der Waals surface area contributed by atoms with Crippen LogP contribution in [0.25, 0.3) is 11.3 Å². The summed E-state index contributed by atoms with van der Waals surface area (Å²) in [6.07, 6.45) is 0. The second-order valence-corrected chi connectivity index (χ2v) is 6.31. The van der Waals surface area contributed by atoms with Crippen LogP contribution >= 0.6 is 22.9 Å². The molecule has 3 aromatic rings. The molecule has 1 N–H and O–H groups in total. The van der Waals surface area contributed by atoms with Gasteiger partial charge in [0.2, 0.25) is 0 Å². The SMILES string of the molecule is O=C(COCc1ccccc1)Nc1nc(-c2ccccc2Cl)cs1. The Morgan fingerprint density at radius 2 is 1.88 bits per heavy atom. The summed E-state index contributed by atoms with van der Waals surface area (Å²) in [5.41, 5.74) is 2.61. The van der Waals surface area contributed by atoms with Gasteiger partial charge in [-0.25, -0.2) is 4.98 Å². The van der Waals surface area contributed by atoms with Crippen LogP contribution in [0.5, 0.6) is 0 Å². The lowest BCUT2D eigenvalue weighted by atomic mass is 10.2. The van der Waals surface area contributed by atoms with Gasteiger partial charge in [0.15, 0.2) is 5.13 Å². The van der Waals surface area contributed by atoms with Crippen LogP contribution in [0.3, 0.4) is 0 Å². The third kappa shape index (κ3) is 4.41. The molecule has 3 rings (SSSR count). The molecule has 0 atom stereocenters. The Morgan fingerprint density at radius 1 is 1.12 bits per heavy atom. The number of thiazole rings is 1. The fourth-order valence-electron chi connectivity index (χ4n) is 2.11. The molecular formula is C18H15ClN2O2S. The highest BCUT2D eigenvalue weighted by atomic mass is 35.5. The summed E-state index contributed by atoms with van der Waals surface area (Å²) in [6, 6.07) is 17.2. The van der Waals surface area contributed by atoms with E-state index in [-0.39, 0.29) is 12.5 Å². The first-order chi connectivity index (χ1) is 11.7. The van der Waals surface area contributed by atoms with Crippen molar-refractivity contribution < 1.29 is 9.53 Å². The molecule has 4 nitrogen and oxygen atoms in total. The van der Waals surface area contributed by atoms with E-state index in [1.165, 1.54) is 11.3 Å². The molecule has 0 unspecified atom stereocenters. The van der Waals surface area contributed by atoms with E-state index in [0.29, 0.717) is 16.8 Å². The quantitative estimate of drug-likeness (QED) is 0.699. The second kappa shape index (κ2) is 8.06. The summed E-state index contributed by atoms with van der Waals surface area (Å²) in [7, 11) is 0. The molecule has 0 aliphatic heterocycles. The molecule has 0 aliphatic carbocycles. The molecule has 0 fully saturated rings. The average molecular weight is 359 g/mol. The van der Waals surface area contributed by atoms with Crippen molar-refractivity contribution in [2.45, 2.75) is 6.61 Å². The molecule has 0 bridgehead atoms. The first kappa shape index (κ1) is 16.6. The summed E-state index contributed by atoms with van der Waals surface area (Å²) >= 11 is 7.51. The second-order valence-electron chi connectivity index (χ2n) is 5.04. The van der Waals surface area contributed by atoms with Gasteiger partial charge in [-0.15, -0.1) is 11.3 Å². The van der Waals surface area contributed by atoms with E-state index < -0.39 is 0 Å². The molecule has 1 aromatic heterocycles. The van der Waals surface area contributed by atoms with Crippen LogP contribution in [0, 0.1) is 0 Å². The number of rotatable bonds is 6. The number of benzene rings is 2. The topological polar surface area (TPSA) is 51.2 Å². The van der Waals surface area contributed by atoms with Crippen molar-refractivity contribution in [2.75, 3.05) is 11.9 Å². The van der Waals surface area contributed by atoms with Crippen molar-refractivity contribution in [1.29, 1.82) is 0 Å². The average Bonchev–Trinajstić information content (AvgIpc) is 3.04. The number of amides is 1. The van der Waals surface area contributed by atoms with Gasteiger partial charge in [0.1, 0.15) is 6.61 Å². The van der Waals surface area contributed by atoms with E-state index in [4.69, 9.17) is 16.3 Å². The summed E-state index contributed by atoms with van der Waals surface area (Å²) in [5.74, 6) is -0.231. The van der Waals surface area contributed by atoms with Gasteiger partial charge < -0.3 is 4.74 Å². The predicted octanol–water partition coefficient (Wildman–Crippen LogP) is 4.62. The number of carbonyl (C=O) groups excluding carboxylic acids is 1. The number of nitrogens with zero attached hydrogens (tertiary/aromatic N) is 1. The minimum atomic E-state index is -0.231. The molecule has 0 spiro atoms. The van der Waals surface area contributed by atoms with Gasteiger partial charge in [-0.1, -0.05) is 60.1 Å². The molecular weight excluding hydrogens is 344 g/mol. The number of anilines is 1. The van der Waals surface area contributed by atoms with Gasteiger partial charge in [-0.05, 0) is 11.6 Å². The molecule has 0 saturated heterocycles. The monoisotopic (exact) mass is 358 g/mol. The zero-order valence-corrected chi connectivity index (χ0v) is 14.3. The smallest absolute Gasteiger partial charge is 0.252 e. The Bertz CT molecular complexity index is 821. The van der Waals surface area contributed by atoms with Crippen LogP contribution in [0.1, 0.15) is 5.56 Å². The maximum atomic E-state index is 11.9. The third-order valence-corrected chi connectivity index (χ3v) is 4.33. The Morgan fingerprint density at radius 3 is 2.67 bits per heavy atom. The van der Waals surface area contributed by atoms with Crippen LogP contribution in [-0.2, 0) is 16.1 Å². The van der Waals surface area contributed by atoms with Crippen molar-refractivity contribution >= 4 is 34.0 Å². The zero-order chi connectivity index (χ0) is 16.8. The van der Waals surface area contributed by atoms with Crippen LogP contribution in [0.4, 0.5) is 5.13 Å². The number of hydrogen-bond donors (Lipinski definition) is 1. The van der Waals surface area contributed by atoms with Crippen molar-refractivity contribution in [1.82, 2.24) is 4.98 Å². The molecule has 6 heteroatoms. The van der Waals surface area contributed by atoms with E-state index in [1.807, 2.05) is 60.0 Å². The van der Waals surface area contributed by atoms with E-state index in [2.05, 4.69) is 10.3 Å². The lowest BCUT2D eigenvalue weighted by Gasteiger charge is -2.04. The van der Waals surface area contributed by atoms with Gasteiger partial charge in [0.25, 0.3) is 5.91 Å². The van der Waals surface area contributed by atoms with Crippen LogP contribution in [0.2, 0.25) is 5.02 Å². The van der Waals surface area contributed by atoms with Crippen molar-refractivity contribution in [3.8, 4) is 11.3 Å². The summed E-state index contributed by atoms with van der Waals surface area (Å²) in [6.45, 7) is 0.382. The van der Waals surface area contributed by atoms with E-state index in [0.717, 1.165) is 16.8 Å². The molecule has 122 valence electrons. The lowest BCUT2D eigenvalue weighted by molar-refractivity contribution is -0.121. The maximum absolute atomic E-state index is 11.9. The number of hydrogen-bond acceptors (Lipinski definition) is 4. The van der Waals surface area contributed by atoms with E-state index in [1.54, 1.807) is 0 Å². The number of ether oxygens (including phenoxy) is 1. The van der Waals surface area contributed by atoms with E-state index >= 15 is 0 Å². The number of aromatic nitrogens is 1. The molecule has 0 radical (unpaired) electrons. The Balaban J connectivity index is 1.53. The largest absolute Gasteiger partial charge is 0.367 e. The normalized spacial score (nSPS) is 10.5. The van der Waals surface area contributed by atoms with E-state index in [9.17, 15) is 4.79 Å². The maximum Gasteiger partial charge on any atom is 0.252 e. The van der Waals surface area contributed by atoms with Gasteiger partial charge in [0.05, 0.1) is 12.3 Å². The van der Waals surface area contributed by atoms with Crippen molar-refractivity contribution in [2.24, 2.45) is 0 Å². The molecule has 1 amide bonds. The Kier molecular flexibility index (Phi) is 5.59. The molecule has 0 aliphatic rings. The zero-order valence-electron chi connectivity index (χ0n) is 12.7. The molecule has 24 heavy (non-hydrogen) atoms. The van der Waals surface area contributed by atoms with Crippen LogP contribution in [-0.4, -0.2) is 17.5 Å². The highest BCUT2D eigenvalue weighted by molar-refractivity contribution is 7.14. The minimum absolute atomic E-state index is 0.0180. The van der Waals surface area contributed by atoms with Gasteiger partial charge >= 0.3 is 0 Å². The summed E-state index contributed by atoms with van der Waals surface area (Å²) in [4.78, 5) is 16.3. The first-order valence-corrected chi connectivity index (χ1v) is 8.60. The molecule has 1 heterocycles. The van der Waals surface area contributed by atoms with Gasteiger partial charge in [-0.2, -0.15) is 0 Å². The number of carbonyl (C=O) groups is 1. The van der Waals surface area contributed by atoms with Gasteiger partial charge in [0, 0.05) is 16.0 Å². The predicted molar refractivity (Wildman–Crippen MR) is 97.3 cm³/mol. The standard InChI is InChI=1S/C18H15ClN2O2S/c19-15-9-5-4-8-14(15)16-12-24-18(20-16)21-17(22)11-23-10-13-6-2-1-3-7-13/h1-9,12H,10-11H2,(H,20,21,22). The highest BCUT2D eigenvalue weighted by Crippen LogP contribution is 2.30. The fraction of sp³-hybridized carbons (Fsp3) is 0.111. The van der Waals surface area contributed by atoms with Crippen molar-refractivity contribution in [3.63, 3.8) is 0 Å². The number of nitrogens with one attached hydrogen (secondary N) is 1. The fourth-order valence-corrected chi connectivity index (χ4v) is 3.07. The highest BCUT2D eigenvalue weighted by Gasteiger charge is 2.10. The minimum Gasteiger partial charge on any atom is -0.367 e. The van der Waals surface area contributed by atoms with Crippen LogP contribution < -0.4 is 5.32 Å². The molecule has 0 saturated carbocycles. The first-order valence-electron chi connectivity index (χ1n) is 7.34. The molecule has 2 aromatic carbocycles. The third-order valence-electron chi connectivity index (χ3n) is 3.25. The summed E-state index contributed by atoms with van der Waals surface area (Å²) < 4.78 is 5.41. The van der Waals surface area contributed by atoms with Crippen LogP contribution in [0.15, 0.2) is 60.0 Å². The number of halogens is 1. The summed E-state index contributed by atoms with van der Waals surface area (Å²) in [5, 5.41) is 5.76. The lowest BCUT2D eigenvalue weighted by Crippen LogP contribution is -2.18. The Labute approximate surface area is 149 Å².